The van der Waals surface area contributed by atoms with Crippen molar-refractivity contribution in [2.24, 2.45) is 0 Å². The number of carbonyl (C=O) groups excluding carboxylic acids is 2. The van der Waals surface area contributed by atoms with Crippen molar-refractivity contribution in [3.05, 3.63) is 58.6 Å². The fourth-order valence-corrected chi connectivity index (χ4v) is 3.50. The maximum Gasteiger partial charge on any atom is 0.323 e. The average Bonchev–Trinajstić information content (AvgIpc) is 2.67. The molecule has 142 valence electrons. The van der Waals surface area contributed by atoms with Crippen LogP contribution < -0.4 is 10.1 Å². The van der Waals surface area contributed by atoms with Crippen molar-refractivity contribution in [2.45, 2.75) is 19.0 Å². The molecule has 2 aromatic carbocycles. The van der Waals surface area contributed by atoms with Gasteiger partial charge in [-0.3, -0.25) is 14.5 Å². The maximum absolute atomic E-state index is 12.5. The summed E-state index contributed by atoms with van der Waals surface area (Å²) in [5, 5.41) is 3.22. The summed E-state index contributed by atoms with van der Waals surface area (Å²) in [5.74, 6) is -0.0395. The highest BCUT2D eigenvalue weighted by atomic mass is 35.5. The zero-order valence-corrected chi connectivity index (χ0v) is 16.0. The van der Waals surface area contributed by atoms with Crippen molar-refractivity contribution in [1.29, 1.82) is 0 Å². The van der Waals surface area contributed by atoms with Crippen LogP contribution in [0.4, 0.5) is 5.69 Å². The van der Waals surface area contributed by atoms with E-state index >= 15 is 0 Å². The summed E-state index contributed by atoms with van der Waals surface area (Å²) in [7, 11) is 2.89. The van der Waals surface area contributed by atoms with Crippen molar-refractivity contribution in [3.8, 4) is 5.75 Å². The van der Waals surface area contributed by atoms with Crippen molar-refractivity contribution in [2.75, 3.05) is 26.1 Å². The summed E-state index contributed by atoms with van der Waals surface area (Å²) in [6.45, 7) is 0.574. The third-order valence-corrected chi connectivity index (χ3v) is 4.90. The monoisotopic (exact) mass is 388 g/mol. The van der Waals surface area contributed by atoms with E-state index in [4.69, 9.17) is 21.1 Å². The van der Waals surface area contributed by atoms with Gasteiger partial charge in [-0.25, -0.2) is 0 Å². The highest BCUT2D eigenvalue weighted by Crippen LogP contribution is 2.27. The molecule has 1 N–H and O–H groups in total. The molecule has 1 aliphatic rings. The third-order valence-electron chi connectivity index (χ3n) is 4.60. The number of esters is 1. The van der Waals surface area contributed by atoms with Crippen molar-refractivity contribution >= 4 is 29.2 Å². The predicted molar refractivity (Wildman–Crippen MR) is 103 cm³/mol. The summed E-state index contributed by atoms with van der Waals surface area (Å²) in [4.78, 5) is 26.6. The normalized spacial score (nSPS) is 16.3. The molecule has 0 saturated carbocycles. The zero-order chi connectivity index (χ0) is 19.4. The summed E-state index contributed by atoms with van der Waals surface area (Å²) >= 11 is 6.10. The molecule has 0 spiro atoms. The standard InChI is InChI=1S/C20H21ClN2O4/c1-26-18-8-7-15(10-16(18)21)22-19(24)12-23-11-14-6-4-3-5-13(14)9-17(23)20(25)27-2/h3-8,10,17H,9,11-12H2,1-2H3,(H,22,24)/t17-/m1/s1. The quantitative estimate of drug-likeness (QED) is 0.798. The van der Waals surface area contributed by atoms with Gasteiger partial charge in [-0.2, -0.15) is 0 Å². The molecule has 27 heavy (non-hydrogen) atoms. The lowest BCUT2D eigenvalue weighted by Crippen LogP contribution is -2.49. The number of benzene rings is 2. The van der Waals surface area contributed by atoms with Crippen LogP contribution in [0.25, 0.3) is 0 Å². The molecule has 0 bridgehead atoms. The predicted octanol–water partition coefficient (Wildman–Crippen LogP) is 2.89. The van der Waals surface area contributed by atoms with Gasteiger partial charge in [0, 0.05) is 12.2 Å². The number of anilines is 1. The first-order valence-electron chi connectivity index (χ1n) is 8.54. The molecule has 1 aliphatic heterocycles. The van der Waals surface area contributed by atoms with Gasteiger partial charge in [-0.15, -0.1) is 0 Å². The van der Waals surface area contributed by atoms with Crippen LogP contribution in [-0.2, 0) is 27.3 Å². The van der Waals surface area contributed by atoms with Crippen LogP contribution in [-0.4, -0.2) is 43.6 Å². The van der Waals surface area contributed by atoms with E-state index in [0.29, 0.717) is 29.4 Å². The van der Waals surface area contributed by atoms with E-state index in [9.17, 15) is 9.59 Å². The van der Waals surface area contributed by atoms with Crippen molar-refractivity contribution in [3.63, 3.8) is 0 Å². The first-order valence-corrected chi connectivity index (χ1v) is 8.91. The van der Waals surface area contributed by atoms with E-state index in [-0.39, 0.29) is 18.4 Å². The second-order valence-electron chi connectivity index (χ2n) is 6.31. The van der Waals surface area contributed by atoms with Crippen LogP contribution in [0.2, 0.25) is 5.02 Å². The second kappa shape index (κ2) is 8.41. The molecule has 3 rings (SSSR count). The molecule has 6 nitrogen and oxygen atoms in total. The molecule has 0 unspecified atom stereocenters. The number of rotatable bonds is 5. The Morgan fingerprint density at radius 3 is 2.59 bits per heavy atom. The SMILES string of the molecule is COC(=O)[C@H]1Cc2ccccc2CN1CC(=O)Nc1ccc(OC)c(Cl)c1. The van der Waals surface area contributed by atoms with Crippen LogP contribution in [0.5, 0.6) is 5.75 Å². The molecule has 1 atom stereocenters. The van der Waals surface area contributed by atoms with Gasteiger partial charge in [0.1, 0.15) is 11.8 Å². The average molecular weight is 389 g/mol. The van der Waals surface area contributed by atoms with Gasteiger partial charge < -0.3 is 14.8 Å². The Bertz CT molecular complexity index is 856. The smallest absolute Gasteiger partial charge is 0.323 e. The maximum atomic E-state index is 12.5. The molecular weight excluding hydrogens is 368 g/mol. The molecule has 0 saturated heterocycles. The Kier molecular flexibility index (Phi) is 5.98. The number of nitrogens with one attached hydrogen (secondary N) is 1. The summed E-state index contributed by atoms with van der Waals surface area (Å²) in [6.07, 6.45) is 0.518. The van der Waals surface area contributed by atoms with Gasteiger partial charge in [0.15, 0.2) is 0 Å². The fraction of sp³-hybridized carbons (Fsp3) is 0.300. The second-order valence-corrected chi connectivity index (χ2v) is 6.72. The van der Waals surface area contributed by atoms with E-state index in [0.717, 1.165) is 11.1 Å². The number of methoxy groups -OCH3 is 2. The van der Waals surface area contributed by atoms with E-state index in [1.807, 2.05) is 29.2 Å². The minimum absolute atomic E-state index is 0.0672. The lowest BCUT2D eigenvalue weighted by atomic mass is 9.94. The summed E-state index contributed by atoms with van der Waals surface area (Å²) in [5.41, 5.74) is 2.78. The minimum Gasteiger partial charge on any atom is -0.495 e. The molecule has 2 aromatic rings. The van der Waals surface area contributed by atoms with Gasteiger partial charge >= 0.3 is 5.97 Å². The first kappa shape index (κ1) is 19.2. The fourth-order valence-electron chi connectivity index (χ4n) is 3.24. The Labute approximate surface area is 163 Å². The van der Waals surface area contributed by atoms with E-state index < -0.39 is 6.04 Å². The number of fused-ring (bicyclic) bond motifs is 1. The van der Waals surface area contributed by atoms with Crippen LogP contribution >= 0.6 is 11.6 Å². The third kappa shape index (κ3) is 4.40. The molecule has 0 fully saturated rings. The topological polar surface area (TPSA) is 67.9 Å². The number of halogens is 1. The van der Waals surface area contributed by atoms with Crippen LogP contribution in [0, 0.1) is 0 Å². The Morgan fingerprint density at radius 2 is 1.93 bits per heavy atom. The largest absolute Gasteiger partial charge is 0.495 e. The Hall–Kier alpha value is -2.57. The lowest BCUT2D eigenvalue weighted by Gasteiger charge is -2.34. The Balaban J connectivity index is 1.73. The Morgan fingerprint density at radius 1 is 1.19 bits per heavy atom. The number of ether oxygens (including phenoxy) is 2. The van der Waals surface area contributed by atoms with Gasteiger partial charge in [-0.1, -0.05) is 35.9 Å². The van der Waals surface area contributed by atoms with Crippen molar-refractivity contribution < 1.29 is 19.1 Å². The molecule has 1 amide bonds. The van der Waals surface area contributed by atoms with Crippen molar-refractivity contribution in [1.82, 2.24) is 4.90 Å². The molecule has 0 aliphatic carbocycles. The molecule has 0 radical (unpaired) electrons. The molecular formula is C20H21ClN2O4. The summed E-state index contributed by atoms with van der Waals surface area (Å²) < 4.78 is 10.0. The number of hydrogen-bond donors (Lipinski definition) is 1. The highest BCUT2D eigenvalue weighted by molar-refractivity contribution is 6.32. The van der Waals surface area contributed by atoms with E-state index in [2.05, 4.69) is 5.32 Å². The minimum atomic E-state index is -0.491. The number of hydrogen-bond acceptors (Lipinski definition) is 5. The highest BCUT2D eigenvalue weighted by Gasteiger charge is 2.33. The molecule has 1 heterocycles. The van der Waals surface area contributed by atoms with Gasteiger partial charge in [0.05, 0.1) is 25.8 Å². The van der Waals surface area contributed by atoms with Crippen LogP contribution in [0.15, 0.2) is 42.5 Å². The number of nitrogens with zero attached hydrogens (tertiary/aromatic N) is 1. The zero-order valence-electron chi connectivity index (χ0n) is 15.2. The molecule has 0 aromatic heterocycles. The van der Waals surface area contributed by atoms with Crippen LogP contribution in [0.3, 0.4) is 0 Å². The van der Waals surface area contributed by atoms with Crippen LogP contribution in [0.1, 0.15) is 11.1 Å². The number of carbonyl (C=O) groups is 2. The van der Waals surface area contributed by atoms with E-state index in [1.165, 1.54) is 14.2 Å². The number of amides is 1. The molecule has 7 heteroatoms. The summed E-state index contributed by atoms with van der Waals surface area (Å²) in [6, 6.07) is 12.5. The van der Waals surface area contributed by atoms with Gasteiger partial charge in [-0.05, 0) is 35.7 Å². The van der Waals surface area contributed by atoms with Gasteiger partial charge in [0.2, 0.25) is 5.91 Å². The van der Waals surface area contributed by atoms with Gasteiger partial charge in [0.25, 0.3) is 0 Å². The van der Waals surface area contributed by atoms with E-state index in [1.54, 1.807) is 18.2 Å². The lowest BCUT2D eigenvalue weighted by molar-refractivity contribution is -0.148. The first-order chi connectivity index (χ1) is 13.0.